The van der Waals surface area contributed by atoms with E-state index in [1.54, 1.807) is 0 Å². The molecular formula is C24H29ClF2N2O2. The number of hydrogen-bond donors (Lipinski definition) is 3. The summed E-state index contributed by atoms with van der Waals surface area (Å²) < 4.78 is 27.2. The predicted molar refractivity (Wildman–Crippen MR) is 118 cm³/mol. The maximum Gasteiger partial charge on any atom is 0.235 e. The molecule has 0 spiro atoms. The lowest BCUT2D eigenvalue weighted by atomic mass is 9.86. The lowest BCUT2D eigenvalue weighted by Gasteiger charge is -2.30. The van der Waals surface area contributed by atoms with E-state index in [0.29, 0.717) is 5.56 Å². The molecule has 0 saturated carbocycles. The van der Waals surface area contributed by atoms with E-state index in [1.165, 1.54) is 28.8 Å². The molecule has 168 valence electrons. The molecule has 0 saturated heterocycles. The van der Waals surface area contributed by atoms with E-state index in [2.05, 4.69) is 35.8 Å². The summed E-state index contributed by atoms with van der Waals surface area (Å²) >= 11 is 5.61. The molecule has 0 aliphatic heterocycles. The zero-order valence-corrected chi connectivity index (χ0v) is 18.4. The first kappa shape index (κ1) is 23.6. The smallest absolute Gasteiger partial charge is 0.235 e. The van der Waals surface area contributed by atoms with Crippen LogP contribution in [0.3, 0.4) is 0 Å². The SMILES string of the molecule is CCc1ccc2c(c1)[C@@H](NCC(O)C(Cc1cc(F)cc(F)c1)NC(=O)CCl)CCC2. The Morgan fingerprint density at radius 2 is 1.94 bits per heavy atom. The number of fused-ring (bicyclic) bond motifs is 1. The van der Waals surface area contributed by atoms with Gasteiger partial charge in [-0.3, -0.25) is 4.79 Å². The van der Waals surface area contributed by atoms with Gasteiger partial charge in [0.25, 0.3) is 0 Å². The largest absolute Gasteiger partial charge is 0.390 e. The number of nitrogens with one attached hydrogen (secondary N) is 2. The summed E-state index contributed by atoms with van der Waals surface area (Å²) in [7, 11) is 0. The molecule has 2 unspecified atom stereocenters. The molecule has 2 aromatic carbocycles. The highest BCUT2D eigenvalue weighted by Crippen LogP contribution is 2.30. The number of aryl methyl sites for hydroxylation is 2. The fraction of sp³-hybridized carbons (Fsp3) is 0.458. The third kappa shape index (κ3) is 6.48. The average Bonchev–Trinajstić information content (AvgIpc) is 2.75. The number of rotatable bonds is 9. The average molecular weight is 451 g/mol. The van der Waals surface area contributed by atoms with Gasteiger partial charge in [0.1, 0.15) is 17.5 Å². The fourth-order valence-electron chi connectivity index (χ4n) is 4.20. The summed E-state index contributed by atoms with van der Waals surface area (Å²) in [5, 5.41) is 16.9. The van der Waals surface area contributed by atoms with Crippen molar-refractivity contribution in [2.75, 3.05) is 12.4 Å². The summed E-state index contributed by atoms with van der Waals surface area (Å²) in [4.78, 5) is 11.9. The van der Waals surface area contributed by atoms with E-state index in [0.717, 1.165) is 31.7 Å². The van der Waals surface area contributed by atoms with Crippen LogP contribution in [0.5, 0.6) is 0 Å². The number of benzene rings is 2. The first-order valence-corrected chi connectivity index (χ1v) is 11.3. The molecule has 0 bridgehead atoms. The first-order valence-electron chi connectivity index (χ1n) is 10.7. The minimum Gasteiger partial charge on any atom is -0.390 e. The molecule has 1 amide bonds. The van der Waals surface area contributed by atoms with Gasteiger partial charge in [-0.25, -0.2) is 8.78 Å². The van der Waals surface area contributed by atoms with Gasteiger partial charge >= 0.3 is 0 Å². The van der Waals surface area contributed by atoms with Crippen molar-refractivity contribution in [1.29, 1.82) is 0 Å². The van der Waals surface area contributed by atoms with Gasteiger partial charge in [-0.15, -0.1) is 11.6 Å². The minimum absolute atomic E-state index is 0.0847. The molecule has 4 nitrogen and oxygen atoms in total. The summed E-state index contributed by atoms with van der Waals surface area (Å²) in [6.45, 7) is 2.35. The van der Waals surface area contributed by atoms with Crippen LogP contribution in [-0.2, 0) is 24.1 Å². The molecule has 0 aromatic heterocycles. The number of carbonyl (C=O) groups excluding carboxylic acids is 1. The lowest BCUT2D eigenvalue weighted by molar-refractivity contribution is -0.120. The van der Waals surface area contributed by atoms with Crippen LogP contribution in [0.1, 0.15) is 48.1 Å². The standard InChI is InChI=1S/C24H29ClF2N2O2/c1-2-15-6-7-17-4-3-5-21(20(17)10-15)28-14-23(30)22(29-24(31)13-25)11-16-8-18(26)12-19(27)9-16/h6-10,12,21-23,28,30H,2-5,11,13-14H2,1H3,(H,29,31)/t21-,22?,23?/m0/s1. The van der Waals surface area contributed by atoms with Crippen molar-refractivity contribution >= 4 is 17.5 Å². The molecule has 3 rings (SSSR count). The first-order chi connectivity index (χ1) is 14.9. The highest BCUT2D eigenvalue weighted by Gasteiger charge is 2.25. The number of carbonyl (C=O) groups is 1. The van der Waals surface area contributed by atoms with Crippen LogP contribution in [0, 0.1) is 11.6 Å². The van der Waals surface area contributed by atoms with Crippen molar-refractivity contribution in [3.63, 3.8) is 0 Å². The number of hydrogen-bond acceptors (Lipinski definition) is 3. The van der Waals surface area contributed by atoms with Crippen LogP contribution in [0.15, 0.2) is 36.4 Å². The second-order valence-corrected chi connectivity index (χ2v) is 8.36. The second-order valence-electron chi connectivity index (χ2n) is 8.10. The van der Waals surface area contributed by atoms with Gasteiger partial charge in [-0.2, -0.15) is 0 Å². The van der Waals surface area contributed by atoms with Crippen LogP contribution in [0.2, 0.25) is 0 Å². The Hall–Kier alpha value is -2.02. The Bertz CT molecular complexity index is 889. The number of halogens is 3. The molecule has 0 heterocycles. The number of aliphatic hydroxyl groups is 1. The Kier molecular flexibility index (Phi) is 8.41. The Balaban J connectivity index is 1.70. The summed E-state index contributed by atoms with van der Waals surface area (Å²) in [6, 6.07) is 9.14. The third-order valence-corrected chi connectivity index (χ3v) is 6.06. The molecule has 7 heteroatoms. The van der Waals surface area contributed by atoms with Gasteiger partial charge in [0.2, 0.25) is 5.91 Å². The van der Waals surface area contributed by atoms with E-state index in [-0.39, 0.29) is 24.9 Å². The van der Waals surface area contributed by atoms with Gasteiger partial charge < -0.3 is 15.7 Å². The normalized spacial score (nSPS) is 17.6. The molecule has 0 fully saturated rings. The van der Waals surface area contributed by atoms with Gasteiger partial charge in [0.15, 0.2) is 0 Å². The Labute approximate surface area is 187 Å². The zero-order chi connectivity index (χ0) is 22.4. The van der Waals surface area contributed by atoms with Crippen LogP contribution in [-0.4, -0.2) is 35.6 Å². The van der Waals surface area contributed by atoms with Crippen molar-refractivity contribution in [3.05, 3.63) is 70.3 Å². The molecule has 3 N–H and O–H groups in total. The van der Waals surface area contributed by atoms with E-state index in [4.69, 9.17) is 11.6 Å². The molecule has 1 aliphatic rings. The monoisotopic (exact) mass is 450 g/mol. The number of aliphatic hydroxyl groups excluding tert-OH is 1. The van der Waals surface area contributed by atoms with Gasteiger partial charge in [-0.1, -0.05) is 25.1 Å². The summed E-state index contributed by atoms with van der Waals surface area (Å²) in [5.74, 6) is -2.10. The number of alkyl halides is 1. The molecular weight excluding hydrogens is 422 g/mol. The van der Waals surface area contributed by atoms with Crippen LogP contribution in [0.4, 0.5) is 8.78 Å². The molecule has 0 radical (unpaired) electrons. The molecule has 3 atom stereocenters. The third-order valence-electron chi connectivity index (χ3n) is 5.82. The Morgan fingerprint density at radius 1 is 1.19 bits per heavy atom. The maximum absolute atomic E-state index is 13.6. The maximum atomic E-state index is 13.6. The number of amides is 1. The minimum atomic E-state index is -0.960. The zero-order valence-electron chi connectivity index (χ0n) is 17.6. The van der Waals surface area contributed by atoms with E-state index in [9.17, 15) is 18.7 Å². The van der Waals surface area contributed by atoms with E-state index in [1.807, 2.05) is 0 Å². The lowest BCUT2D eigenvalue weighted by Crippen LogP contribution is -2.49. The van der Waals surface area contributed by atoms with Crippen molar-refractivity contribution in [2.24, 2.45) is 0 Å². The summed E-state index contributed by atoms with van der Waals surface area (Å²) in [5.41, 5.74) is 4.20. The Morgan fingerprint density at radius 3 is 2.61 bits per heavy atom. The van der Waals surface area contributed by atoms with Crippen molar-refractivity contribution in [3.8, 4) is 0 Å². The van der Waals surface area contributed by atoms with Crippen LogP contribution in [0.25, 0.3) is 0 Å². The highest BCUT2D eigenvalue weighted by atomic mass is 35.5. The highest BCUT2D eigenvalue weighted by molar-refractivity contribution is 6.27. The van der Waals surface area contributed by atoms with E-state index >= 15 is 0 Å². The van der Waals surface area contributed by atoms with Crippen LogP contribution < -0.4 is 10.6 Å². The van der Waals surface area contributed by atoms with Crippen LogP contribution >= 0.6 is 11.6 Å². The summed E-state index contributed by atoms with van der Waals surface area (Å²) in [6.07, 6.45) is 3.14. The van der Waals surface area contributed by atoms with Crippen molar-refractivity contribution < 1.29 is 18.7 Å². The molecule has 2 aromatic rings. The second kappa shape index (κ2) is 11.0. The molecule has 1 aliphatic carbocycles. The van der Waals surface area contributed by atoms with Gasteiger partial charge in [-0.05, 0) is 66.5 Å². The fourth-order valence-corrected chi connectivity index (χ4v) is 4.27. The topological polar surface area (TPSA) is 61.4 Å². The van der Waals surface area contributed by atoms with Gasteiger partial charge in [0, 0.05) is 18.7 Å². The van der Waals surface area contributed by atoms with Crippen molar-refractivity contribution in [2.45, 2.75) is 57.2 Å². The predicted octanol–water partition coefficient (Wildman–Crippen LogP) is 3.82. The van der Waals surface area contributed by atoms with E-state index < -0.39 is 29.7 Å². The van der Waals surface area contributed by atoms with Crippen molar-refractivity contribution in [1.82, 2.24) is 10.6 Å². The molecule has 31 heavy (non-hydrogen) atoms. The van der Waals surface area contributed by atoms with Gasteiger partial charge in [0.05, 0.1) is 12.1 Å². The quantitative estimate of drug-likeness (QED) is 0.509.